The number of carbonyl (C=O) groups excluding carboxylic acids is 1. The standard InChI is InChI=1S/C16H23N3O/c17-10-15-5-2-8-19(15)11-16(20)18-14-7-6-12-3-1-4-13(12)9-14/h6-7,9,15H,1-5,8,10-11,17H2,(H,18,20). The quantitative estimate of drug-likeness (QED) is 0.875. The van der Waals surface area contributed by atoms with E-state index in [2.05, 4.69) is 22.3 Å². The van der Waals surface area contributed by atoms with Crippen molar-refractivity contribution in [3.8, 4) is 0 Å². The molecular weight excluding hydrogens is 250 g/mol. The van der Waals surface area contributed by atoms with Gasteiger partial charge in [0.15, 0.2) is 0 Å². The van der Waals surface area contributed by atoms with Crippen LogP contribution in [0.4, 0.5) is 5.69 Å². The molecule has 20 heavy (non-hydrogen) atoms. The van der Waals surface area contributed by atoms with Gasteiger partial charge in [0, 0.05) is 18.3 Å². The highest BCUT2D eigenvalue weighted by molar-refractivity contribution is 5.92. The molecule has 0 aromatic heterocycles. The number of hydrogen-bond acceptors (Lipinski definition) is 3. The lowest BCUT2D eigenvalue weighted by Crippen LogP contribution is -2.40. The lowest BCUT2D eigenvalue weighted by atomic mass is 10.1. The molecule has 1 aliphatic carbocycles. The number of nitrogens with two attached hydrogens (primary N) is 1. The smallest absolute Gasteiger partial charge is 0.238 e. The summed E-state index contributed by atoms with van der Waals surface area (Å²) in [7, 11) is 0. The molecule has 0 saturated carbocycles. The minimum Gasteiger partial charge on any atom is -0.329 e. The molecule has 0 spiro atoms. The molecule has 1 saturated heterocycles. The summed E-state index contributed by atoms with van der Waals surface area (Å²) in [4.78, 5) is 14.3. The van der Waals surface area contributed by atoms with Gasteiger partial charge in [-0.25, -0.2) is 0 Å². The summed E-state index contributed by atoms with van der Waals surface area (Å²) in [6.45, 7) is 2.09. The first-order chi connectivity index (χ1) is 9.76. The third kappa shape index (κ3) is 2.86. The topological polar surface area (TPSA) is 58.4 Å². The fraction of sp³-hybridized carbons (Fsp3) is 0.562. The molecule has 1 amide bonds. The Morgan fingerprint density at radius 3 is 3.00 bits per heavy atom. The highest BCUT2D eigenvalue weighted by atomic mass is 16.2. The number of anilines is 1. The zero-order valence-corrected chi connectivity index (χ0v) is 11.9. The number of amides is 1. The summed E-state index contributed by atoms with van der Waals surface area (Å²) in [5, 5.41) is 3.02. The monoisotopic (exact) mass is 273 g/mol. The van der Waals surface area contributed by atoms with Crippen LogP contribution in [0, 0.1) is 0 Å². The van der Waals surface area contributed by atoms with Crippen LogP contribution in [0.1, 0.15) is 30.4 Å². The van der Waals surface area contributed by atoms with Crippen LogP contribution in [0.3, 0.4) is 0 Å². The molecule has 4 heteroatoms. The normalized spacial score (nSPS) is 21.9. The van der Waals surface area contributed by atoms with Crippen molar-refractivity contribution < 1.29 is 4.79 Å². The Hall–Kier alpha value is -1.39. The van der Waals surface area contributed by atoms with Gasteiger partial charge >= 0.3 is 0 Å². The fourth-order valence-corrected chi connectivity index (χ4v) is 3.40. The van der Waals surface area contributed by atoms with Gasteiger partial charge in [0.1, 0.15) is 0 Å². The van der Waals surface area contributed by atoms with E-state index in [-0.39, 0.29) is 5.91 Å². The third-order valence-electron chi connectivity index (χ3n) is 4.50. The zero-order chi connectivity index (χ0) is 13.9. The highest BCUT2D eigenvalue weighted by Crippen LogP contribution is 2.25. The van der Waals surface area contributed by atoms with E-state index >= 15 is 0 Å². The molecule has 1 aromatic rings. The summed E-state index contributed by atoms with van der Waals surface area (Å²) < 4.78 is 0. The van der Waals surface area contributed by atoms with Crippen LogP contribution in [0.5, 0.6) is 0 Å². The molecule has 1 unspecified atom stereocenters. The van der Waals surface area contributed by atoms with Crippen molar-refractivity contribution in [2.45, 2.75) is 38.1 Å². The van der Waals surface area contributed by atoms with Crippen LogP contribution in [-0.2, 0) is 17.6 Å². The van der Waals surface area contributed by atoms with E-state index in [0.29, 0.717) is 19.1 Å². The molecule has 3 N–H and O–H groups in total. The van der Waals surface area contributed by atoms with E-state index in [9.17, 15) is 4.79 Å². The number of rotatable bonds is 4. The Morgan fingerprint density at radius 2 is 2.15 bits per heavy atom. The van der Waals surface area contributed by atoms with Gasteiger partial charge in [-0.05, 0) is 61.9 Å². The van der Waals surface area contributed by atoms with Crippen molar-refractivity contribution in [3.63, 3.8) is 0 Å². The summed E-state index contributed by atoms with van der Waals surface area (Å²) in [6.07, 6.45) is 5.81. The van der Waals surface area contributed by atoms with Gasteiger partial charge in [-0.2, -0.15) is 0 Å². The van der Waals surface area contributed by atoms with E-state index in [1.54, 1.807) is 0 Å². The summed E-state index contributed by atoms with van der Waals surface area (Å²) >= 11 is 0. The minimum absolute atomic E-state index is 0.0725. The van der Waals surface area contributed by atoms with Crippen LogP contribution in [0.2, 0.25) is 0 Å². The lowest BCUT2D eigenvalue weighted by molar-refractivity contribution is -0.117. The van der Waals surface area contributed by atoms with Gasteiger partial charge in [-0.15, -0.1) is 0 Å². The lowest BCUT2D eigenvalue weighted by Gasteiger charge is -2.22. The second-order valence-electron chi connectivity index (χ2n) is 5.89. The summed E-state index contributed by atoms with van der Waals surface area (Å²) in [5.41, 5.74) is 9.50. The van der Waals surface area contributed by atoms with Crippen LogP contribution in [0.15, 0.2) is 18.2 Å². The number of likely N-dealkylation sites (tertiary alicyclic amines) is 1. The summed E-state index contributed by atoms with van der Waals surface area (Å²) in [6, 6.07) is 6.67. The van der Waals surface area contributed by atoms with Crippen molar-refractivity contribution in [1.29, 1.82) is 0 Å². The van der Waals surface area contributed by atoms with Crippen molar-refractivity contribution in [2.24, 2.45) is 5.73 Å². The van der Waals surface area contributed by atoms with Crippen molar-refractivity contribution in [2.75, 3.05) is 25.0 Å². The minimum atomic E-state index is 0.0725. The first-order valence-corrected chi connectivity index (χ1v) is 7.62. The Labute approximate surface area is 120 Å². The van der Waals surface area contributed by atoms with E-state index in [1.165, 1.54) is 24.0 Å². The molecule has 1 fully saturated rings. The Balaban J connectivity index is 1.59. The zero-order valence-electron chi connectivity index (χ0n) is 11.9. The van der Waals surface area contributed by atoms with Gasteiger partial charge < -0.3 is 11.1 Å². The van der Waals surface area contributed by atoms with Gasteiger partial charge in [0.25, 0.3) is 0 Å². The Kier molecular flexibility index (Phi) is 4.03. The van der Waals surface area contributed by atoms with Crippen molar-refractivity contribution in [1.82, 2.24) is 4.90 Å². The number of benzene rings is 1. The van der Waals surface area contributed by atoms with Crippen LogP contribution in [0.25, 0.3) is 0 Å². The fourth-order valence-electron chi connectivity index (χ4n) is 3.40. The molecule has 1 aliphatic heterocycles. The number of nitrogens with zero attached hydrogens (tertiary/aromatic N) is 1. The average molecular weight is 273 g/mol. The number of hydrogen-bond donors (Lipinski definition) is 2. The maximum Gasteiger partial charge on any atom is 0.238 e. The second kappa shape index (κ2) is 5.94. The SMILES string of the molecule is NCC1CCCN1CC(=O)Nc1ccc2c(c1)CCC2. The van der Waals surface area contributed by atoms with E-state index in [4.69, 9.17) is 5.73 Å². The molecule has 108 valence electrons. The molecular formula is C16H23N3O. The molecule has 4 nitrogen and oxygen atoms in total. The Bertz CT molecular complexity index is 500. The number of nitrogens with one attached hydrogen (secondary N) is 1. The van der Waals surface area contributed by atoms with Crippen LogP contribution in [-0.4, -0.2) is 36.5 Å². The van der Waals surface area contributed by atoms with Gasteiger partial charge in [-0.3, -0.25) is 9.69 Å². The van der Waals surface area contributed by atoms with Crippen LogP contribution < -0.4 is 11.1 Å². The Morgan fingerprint density at radius 1 is 1.30 bits per heavy atom. The van der Waals surface area contributed by atoms with Crippen LogP contribution >= 0.6 is 0 Å². The molecule has 0 bridgehead atoms. The molecule has 1 heterocycles. The number of aryl methyl sites for hydroxylation is 2. The second-order valence-corrected chi connectivity index (χ2v) is 5.89. The predicted octanol–water partition coefficient (Wildman–Crippen LogP) is 1.54. The predicted molar refractivity (Wildman–Crippen MR) is 80.7 cm³/mol. The van der Waals surface area contributed by atoms with E-state index < -0.39 is 0 Å². The first-order valence-electron chi connectivity index (χ1n) is 7.62. The van der Waals surface area contributed by atoms with E-state index in [1.807, 2.05) is 6.07 Å². The highest BCUT2D eigenvalue weighted by Gasteiger charge is 2.24. The summed E-state index contributed by atoms with van der Waals surface area (Å²) in [5.74, 6) is 0.0725. The average Bonchev–Trinajstić information content (AvgIpc) is 3.06. The molecule has 3 rings (SSSR count). The van der Waals surface area contributed by atoms with E-state index in [0.717, 1.165) is 31.5 Å². The maximum atomic E-state index is 12.1. The first kappa shape index (κ1) is 13.6. The van der Waals surface area contributed by atoms with Crippen molar-refractivity contribution >= 4 is 11.6 Å². The van der Waals surface area contributed by atoms with Gasteiger partial charge in [-0.1, -0.05) is 6.07 Å². The molecule has 2 aliphatic rings. The van der Waals surface area contributed by atoms with Gasteiger partial charge in [0.2, 0.25) is 5.91 Å². The maximum absolute atomic E-state index is 12.1. The number of carbonyl (C=O) groups is 1. The van der Waals surface area contributed by atoms with Gasteiger partial charge in [0.05, 0.1) is 6.54 Å². The molecule has 1 aromatic carbocycles. The molecule has 1 atom stereocenters. The molecule has 0 radical (unpaired) electrons. The largest absolute Gasteiger partial charge is 0.329 e. The van der Waals surface area contributed by atoms with Crippen molar-refractivity contribution in [3.05, 3.63) is 29.3 Å². The third-order valence-corrected chi connectivity index (χ3v) is 4.50. The number of fused-ring (bicyclic) bond motifs is 1.